The van der Waals surface area contributed by atoms with Crippen LogP contribution >= 0.6 is 0 Å². The summed E-state index contributed by atoms with van der Waals surface area (Å²) >= 11 is 0. The number of hydrazine groups is 1. The Bertz CT molecular complexity index is 1610. The minimum Gasteiger partial charge on any atom is -0.448 e. The van der Waals surface area contributed by atoms with E-state index >= 15 is 0 Å². The number of nitrogens with zero attached hydrogens (tertiary/aromatic N) is 2. The molecule has 0 bridgehead atoms. The maximum Gasteiger partial charge on any atom is 0.421 e. The summed E-state index contributed by atoms with van der Waals surface area (Å²) in [6, 6.07) is 13.9. The number of rotatable bonds is 6. The number of carbonyl (C=O) groups is 1. The number of amides is 1. The van der Waals surface area contributed by atoms with Crippen molar-refractivity contribution in [2.24, 2.45) is 0 Å². The van der Waals surface area contributed by atoms with Gasteiger partial charge in [0.25, 0.3) is 5.56 Å². The number of fused-ring (bicyclic) bond motifs is 6. The smallest absolute Gasteiger partial charge is 0.421 e. The molecule has 0 atom stereocenters. The Hall–Kier alpha value is -4.31. The molecule has 35 heavy (non-hydrogen) atoms. The van der Waals surface area contributed by atoms with Gasteiger partial charge in [0.2, 0.25) is 0 Å². The maximum atomic E-state index is 14.0. The van der Waals surface area contributed by atoms with Crippen molar-refractivity contribution in [1.29, 1.82) is 0 Å². The number of carbonyl (C=O) groups excluding carboxylic acids is 1. The summed E-state index contributed by atoms with van der Waals surface area (Å²) in [6.45, 7) is 4.24. The molecule has 0 spiro atoms. The molecule has 0 aliphatic heterocycles. The summed E-state index contributed by atoms with van der Waals surface area (Å²) in [4.78, 5) is 39.7. The molecule has 2 aromatic heterocycles. The van der Waals surface area contributed by atoms with Gasteiger partial charge in [-0.2, -0.15) is 0 Å². The van der Waals surface area contributed by atoms with Crippen LogP contribution in [0.2, 0.25) is 0 Å². The molecule has 1 amide bonds. The zero-order chi connectivity index (χ0) is 24.6. The maximum absolute atomic E-state index is 14.0. The van der Waals surface area contributed by atoms with Gasteiger partial charge in [0.15, 0.2) is 0 Å². The predicted molar refractivity (Wildman–Crippen MR) is 130 cm³/mol. The lowest BCUT2D eigenvalue weighted by molar-refractivity contribution is 0.117. The molecule has 0 saturated heterocycles. The number of hydrogen-bond acceptors (Lipinski definition) is 6. The van der Waals surface area contributed by atoms with E-state index in [4.69, 9.17) is 9.72 Å². The van der Waals surface area contributed by atoms with E-state index in [9.17, 15) is 14.0 Å². The molecule has 0 aliphatic carbocycles. The van der Waals surface area contributed by atoms with E-state index < -0.39 is 17.3 Å². The molecular formula is C25H23FN6O3. The number of hydrogen-bond donors (Lipinski definition) is 4. The van der Waals surface area contributed by atoms with Crippen molar-refractivity contribution in [3.05, 3.63) is 82.4 Å². The van der Waals surface area contributed by atoms with Crippen molar-refractivity contribution in [1.82, 2.24) is 30.8 Å². The summed E-state index contributed by atoms with van der Waals surface area (Å²) in [5, 5.41) is 1.33. The third-order valence-corrected chi connectivity index (χ3v) is 5.83. The van der Waals surface area contributed by atoms with Crippen LogP contribution in [0.25, 0.3) is 32.7 Å². The van der Waals surface area contributed by atoms with E-state index in [0.717, 1.165) is 5.56 Å². The fourth-order valence-corrected chi connectivity index (χ4v) is 3.99. The summed E-state index contributed by atoms with van der Waals surface area (Å²) in [6.07, 6.45) is 0.682. The molecule has 5 aromatic rings. The molecule has 0 unspecified atom stereocenters. The third-order valence-electron chi connectivity index (χ3n) is 5.83. The largest absolute Gasteiger partial charge is 0.448 e. The van der Waals surface area contributed by atoms with Crippen LogP contribution in [0.4, 0.5) is 9.18 Å². The number of nitrogens with one attached hydrogen (secondary N) is 4. The topological polar surface area (TPSA) is 125 Å². The second kappa shape index (κ2) is 8.80. The summed E-state index contributed by atoms with van der Waals surface area (Å²) in [5.41, 5.74) is 6.80. The van der Waals surface area contributed by atoms with Crippen LogP contribution < -0.4 is 16.4 Å². The Morgan fingerprint density at radius 3 is 2.71 bits per heavy atom. The summed E-state index contributed by atoms with van der Waals surface area (Å²) in [5.74, 6) is 0.0792. The molecule has 178 valence electrons. The van der Waals surface area contributed by atoms with Crippen LogP contribution in [0.5, 0.6) is 0 Å². The van der Waals surface area contributed by atoms with Crippen molar-refractivity contribution in [2.45, 2.75) is 25.8 Å². The molecule has 0 aliphatic rings. The Balaban J connectivity index is 1.41. The fourth-order valence-electron chi connectivity index (χ4n) is 3.99. The number of H-pyrrole nitrogens is 2. The minimum atomic E-state index is -0.699. The van der Waals surface area contributed by atoms with Gasteiger partial charge in [0.05, 0.1) is 28.2 Å². The van der Waals surface area contributed by atoms with Gasteiger partial charge >= 0.3 is 6.09 Å². The highest BCUT2D eigenvalue weighted by Crippen LogP contribution is 2.33. The summed E-state index contributed by atoms with van der Waals surface area (Å²) < 4.78 is 19.4. The van der Waals surface area contributed by atoms with Crippen LogP contribution in [0.3, 0.4) is 0 Å². The van der Waals surface area contributed by atoms with Crippen LogP contribution in [0.15, 0.2) is 59.7 Å². The second-order valence-corrected chi connectivity index (χ2v) is 8.88. The van der Waals surface area contributed by atoms with Gasteiger partial charge in [-0.15, -0.1) is 0 Å². The zero-order valence-corrected chi connectivity index (χ0v) is 19.1. The van der Waals surface area contributed by atoms with E-state index in [0.29, 0.717) is 39.7 Å². The molecule has 4 N–H and O–H groups in total. The van der Waals surface area contributed by atoms with Crippen molar-refractivity contribution in [3.63, 3.8) is 0 Å². The van der Waals surface area contributed by atoms with E-state index in [1.54, 1.807) is 6.07 Å². The Labute approximate surface area is 198 Å². The molecule has 3 aromatic carbocycles. The predicted octanol–water partition coefficient (Wildman–Crippen LogP) is 3.80. The zero-order valence-electron chi connectivity index (χ0n) is 19.1. The SMILES string of the molecule is CC(C)(COC(=O)NNCc1ccccc1)c1nc2c3ccc(F)cc3c3c(=O)[nH]cnc3c2[nH]1. The van der Waals surface area contributed by atoms with E-state index in [-0.39, 0.29) is 17.6 Å². The molecule has 10 heteroatoms. The summed E-state index contributed by atoms with van der Waals surface area (Å²) in [7, 11) is 0. The first-order valence-electron chi connectivity index (χ1n) is 11.0. The molecule has 0 saturated carbocycles. The van der Waals surface area contributed by atoms with Crippen LogP contribution in [-0.4, -0.2) is 32.6 Å². The number of imidazole rings is 1. The molecular weight excluding hydrogens is 451 g/mol. The third kappa shape index (κ3) is 4.31. The number of aromatic nitrogens is 4. The van der Waals surface area contributed by atoms with Crippen LogP contribution in [0, 0.1) is 5.82 Å². The number of aromatic amines is 2. The standard InChI is InChI=1S/C25H23FN6O3/c1-25(2,12-35-24(34)32-29-11-14-6-4-3-5-7-14)23-30-19-16-9-8-15(26)10-17(16)18-20(21(19)31-23)27-13-28-22(18)33/h3-10,13,29H,11-12H2,1-2H3,(H,30,31)(H,32,34)(H,27,28,33). The monoisotopic (exact) mass is 474 g/mol. The molecule has 9 nitrogen and oxygen atoms in total. The van der Waals surface area contributed by atoms with E-state index in [2.05, 4.69) is 25.8 Å². The fraction of sp³-hybridized carbons (Fsp3) is 0.200. The van der Waals surface area contributed by atoms with Crippen molar-refractivity contribution in [2.75, 3.05) is 6.61 Å². The Kier molecular flexibility index (Phi) is 5.65. The highest BCUT2D eigenvalue weighted by atomic mass is 19.1. The average Bonchev–Trinajstić information content (AvgIpc) is 3.30. The first-order chi connectivity index (χ1) is 16.8. The van der Waals surface area contributed by atoms with Gasteiger partial charge in [-0.05, 0) is 37.6 Å². The van der Waals surface area contributed by atoms with Gasteiger partial charge in [-0.3, -0.25) is 10.2 Å². The van der Waals surface area contributed by atoms with Crippen molar-refractivity contribution < 1.29 is 13.9 Å². The van der Waals surface area contributed by atoms with Gasteiger partial charge in [-0.1, -0.05) is 30.3 Å². The lowest BCUT2D eigenvalue weighted by Gasteiger charge is -2.21. The number of benzene rings is 3. The quantitative estimate of drug-likeness (QED) is 0.219. The van der Waals surface area contributed by atoms with E-state index in [1.165, 1.54) is 18.5 Å². The van der Waals surface area contributed by atoms with Crippen molar-refractivity contribution in [3.8, 4) is 0 Å². The minimum absolute atomic E-state index is 0.0319. The number of ether oxygens (including phenoxy) is 1. The van der Waals surface area contributed by atoms with Gasteiger partial charge < -0.3 is 14.7 Å². The van der Waals surface area contributed by atoms with Gasteiger partial charge in [0, 0.05) is 17.3 Å². The lowest BCUT2D eigenvalue weighted by atomic mass is 9.94. The molecule has 0 radical (unpaired) electrons. The first-order valence-corrected chi connectivity index (χ1v) is 11.0. The van der Waals surface area contributed by atoms with E-state index in [1.807, 2.05) is 44.2 Å². The van der Waals surface area contributed by atoms with Crippen molar-refractivity contribution >= 4 is 38.8 Å². The Morgan fingerprint density at radius 1 is 1.11 bits per heavy atom. The average molecular weight is 474 g/mol. The Morgan fingerprint density at radius 2 is 1.91 bits per heavy atom. The van der Waals surface area contributed by atoms with Gasteiger partial charge in [0.1, 0.15) is 23.8 Å². The highest BCUT2D eigenvalue weighted by molar-refractivity contribution is 6.21. The highest BCUT2D eigenvalue weighted by Gasteiger charge is 2.28. The lowest BCUT2D eigenvalue weighted by Crippen LogP contribution is -2.39. The normalized spacial score (nSPS) is 11.9. The molecule has 5 rings (SSSR count). The first kappa shape index (κ1) is 22.5. The van der Waals surface area contributed by atoms with Crippen LogP contribution in [0.1, 0.15) is 25.2 Å². The second-order valence-electron chi connectivity index (χ2n) is 8.88. The molecule has 2 heterocycles. The van der Waals surface area contributed by atoms with Gasteiger partial charge in [-0.25, -0.2) is 24.6 Å². The number of halogens is 1. The molecule has 0 fully saturated rings. The van der Waals surface area contributed by atoms with Crippen LogP contribution in [-0.2, 0) is 16.7 Å².